The zero-order valence-corrected chi connectivity index (χ0v) is 16.3. The molecular weight excluding hydrogens is 342 g/mol. The molecule has 1 aromatic heterocycles. The van der Waals surface area contributed by atoms with Crippen LogP contribution in [0.3, 0.4) is 0 Å². The fourth-order valence-electron chi connectivity index (χ4n) is 3.68. The highest BCUT2D eigenvalue weighted by atomic mass is 16.5. The van der Waals surface area contributed by atoms with Crippen molar-refractivity contribution in [3.05, 3.63) is 40.8 Å². The molecule has 0 N–H and O–H groups in total. The van der Waals surface area contributed by atoms with Gasteiger partial charge >= 0.3 is 0 Å². The molecular formula is C21H27N3O3. The van der Waals surface area contributed by atoms with E-state index < -0.39 is 0 Å². The maximum atomic E-state index is 9.00. The first-order valence-electron chi connectivity index (χ1n) is 9.45. The topological polar surface area (TPSA) is 71.5 Å². The first kappa shape index (κ1) is 19.2. The Bertz CT molecular complexity index is 790. The Morgan fingerprint density at radius 1 is 1.33 bits per heavy atom. The maximum absolute atomic E-state index is 9.00. The average Bonchev–Trinajstić information content (AvgIpc) is 3.02. The van der Waals surface area contributed by atoms with Gasteiger partial charge in [0.2, 0.25) is 0 Å². The van der Waals surface area contributed by atoms with Crippen molar-refractivity contribution in [2.45, 2.75) is 33.1 Å². The molecule has 2 heterocycles. The number of rotatable bonds is 7. The first-order chi connectivity index (χ1) is 13.1. The minimum atomic E-state index is 0.490. The molecule has 1 aliphatic rings. The van der Waals surface area contributed by atoms with Crippen molar-refractivity contribution < 1.29 is 14.0 Å². The summed E-state index contributed by atoms with van der Waals surface area (Å²) in [6.45, 7) is 7.81. The summed E-state index contributed by atoms with van der Waals surface area (Å²) in [6, 6.07) is 7.41. The van der Waals surface area contributed by atoms with Gasteiger partial charge in [-0.25, -0.2) is 0 Å². The highest BCUT2D eigenvalue weighted by Crippen LogP contribution is 2.29. The third kappa shape index (κ3) is 4.81. The number of benzene rings is 1. The summed E-state index contributed by atoms with van der Waals surface area (Å²) in [5.41, 5.74) is 2.80. The molecule has 27 heavy (non-hydrogen) atoms. The molecule has 1 atom stereocenters. The zero-order valence-electron chi connectivity index (χ0n) is 16.3. The summed E-state index contributed by atoms with van der Waals surface area (Å²) in [5.74, 6) is 2.73. The summed E-state index contributed by atoms with van der Waals surface area (Å²) in [5, 5.41) is 13.0. The number of hydrogen-bond donors (Lipinski definition) is 0. The molecule has 144 valence electrons. The van der Waals surface area contributed by atoms with E-state index in [9.17, 15) is 0 Å². The van der Waals surface area contributed by atoms with E-state index in [2.05, 4.69) is 16.1 Å². The molecule has 0 radical (unpaired) electrons. The number of methoxy groups -OCH3 is 1. The summed E-state index contributed by atoms with van der Waals surface area (Å²) >= 11 is 0. The summed E-state index contributed by atoms with van der Waals surface area (Å²) in [7, 11) is 1.60. The Hall–Kier alpha value is -2.52. The first-order valence-corrected chi connectivity index (χ1v) is 9.45. The van der Waals surface area contributed by atoms with Gasteiger partial charge < -0.3 is 18.9 Å². The van der Waals surface area contributed by atoms with Gasteiger partial charge in [-0.1, -0.05) is 5.16 Å². The standard InChI is InChI=1S/C21H27N3O3/c1-15-19(16(2)27-23-15)8-10-24-9-4-5-18(13-24)14-26-20-7-6-17(12-22)11-21(20)25-3/h6-7,11,18H,4-5,8-10,13-14H2,1-3H3. The Labute approximate surface area is 160 Å². The second-order valence-corrected chi connectivity index (χ2v) is 7.15. The summed E-state index contributed by atoms with van der Waals surface area (Å²) in [6.07, 6.45) is 3.32. The van der Waals surface area contributed by atoms with E-state index in [0.717, 1.165) is 37.5 Å². The molecule has 1 saturated heterocycles. The minimum absolute atomic E-state index is 0.490. The lowest BCUT2D eigenvalue weighted by molar-refractivity contribution is 0.129. The van der Waals surface area contributed by atoms with Gasteiger partial charge in [-0.05, 0) is 51.8 Å². The fourth-order valence-corrected chi connectivity index (χ4v) is 3.68. The second kappa shape index (κ2) is 8.92. The van der Waals surface area contributed by atoms with Crippen LogP contribution in [0.15, 0.2) is 22.7 Å². The Morgan fingerprint density at radius 2 is 2.19 bits per heavy atom. The maximum Gasteiger partial charge on any atom is 0.162 e. The average molecular weight is 369 g/mol. The van der Waals surface area contributed by atoms with Crippen molar-refractivity contribution in [3.63, 3.8) is 0 Å². The Morgan fingerprint density at radius 3 is 2.89 bits per heavy atom. The lowest BCUT2D eigenvalue weighted by Gasteiger charge is -2.32. The van der Waals surface area contributed by atoms with Crippen LogP contribution in [0.2, 0.25) is 0 Å². The van der Waals surface area contributed by atoms with Crippen LogP contribution < -0.4 is 9.47 Å². The van der Waals surface area contributed by atoms with Gasteiger partial charge in [0.25, 0.3) is 0 Å². The number of nitrogens with zero attached hydrogens (tertiary/aromatic N) is 3. The van der Waals surface area contributed by atoms with Crippen LogP contribution in [0.5, 0.6) is 11.5 Å². The molecule has 2 aromatic rings. The van der Waals surface area contributed by atoms with E-state index in [0.29, 0.717) is 29.6 Å². The van der Waals surface area contributed by atoms with Crippen molar-refractivity contribution in [3.8, 4) is 17.6 Å². The fraction of sp³-hybridized carbons (Fsp3) is 0.524. The molecule has 3 rings (SSSR count). The molecule has 1 unspecified atom stereocenters. The minimum Gasteiger partial charge on any atom is -0.493 e. The molecule has 6 heteroatoms. The number of likely N-dealkylation sites (tertiary alicyclic amines) is 1. The van der Waals surface area contributed by atoms with Gasteiger partial charge in [-0.15, -0.1) is 0 Å². The highest BCUT2D eigenvalue weighted by molar-refractivity contribution is 5.46. The summed E-state index contributed by atoms with van der Waals surface area (Å²) < 4.78 is 16.6. The highest BCUT2D eigenvalue weighted by Gasteiger charge is 2.21. The number of hydrogen-bond acceptors (Lipinski definition) is 6. The predicted octanol–water partition coefficient (Wildman–Crippen LogP) is 3.51. The van der Waals surface area contributed by atoms with Crippen LogP contribution in [-0.4, -0.2) is 43.4 Å². The Balaban J connectivity index is 1.52. The molecule has 1 aliphatic heterocycles. The molecule has 0 aliphatic carbocycles. The molecule has 0 spiro atoms. The molecule has 0 amide bonds. The third-order valence-corrected chi connectivity index (χ3v) is 5.23. The quantitative estimate of drug-likeness (QED) is 0.744. The van der Waals surface area contributed by atoms with Crippen LogP contribution in [0.1, 0.15) is 35.4 Å². The molecule has 1 aromatic carbocycles. The smallest absolute Gasteiger partial charge is 0.162 e. The van der Waals surface area contributed by atoms with E-state index in [4.69, 9.17) is 19.3 Å². The van der Waals surface area contributed by atoms with Crippen molar-refractivity contribution in [2.75, 3.05) is 33.4 Å². The van der Waals surface area contributed by atoms with Crippen molar-refractivity contribution >= 4 is 0 Å². The van der Waals surface area contributed by atoms with Gasteiger partial charge in [0.1, 0.15) is 5.76 Å². The van der Waals surface area contributed by atoms with Crippen molar-refractivity contribution in [2.24, 2.45) is 5.92 Å². The predicted molar refractivity (Wildman–Crippen MR) is 102 cm³/mol. The van der Waals surface area contributed by atoms with E-state index in [1.54, 1.807) is 19.2 Å². The van der Waals surface area contributed by atoms with E-state index in [-0.39, 0.29) is 0 Å². The summed E-state index contributed by atoms with van der Waals surface area (Å²) in [4.78, 5) is 2.50. The number of aromatic nitrogens is 1. The third-order valence-electron chi connectivity index (χ3n) is 5.23. The largest absolute Gasteiger partial charge is 0.493 e. The van der Waals surface area contributed by atoms with Crippen LogP contribution in [-0.2, 0) is 6.42 Å². The van der Waals surface area contributed by atoms with Gasteiger partial charge in [-0.2, -0.15) is 5.26 Å². The van der Waals surface area contributed by atoms with E-state index in [1.165, 1.54) is 18.4 Å². The molecule has 1 fully saturated rings. The molecule has 6 nitrogen and oxygen atoms in total. The van der Waals surface area contributed by atoms with Crippen molar-refractivity contribution in [1.29, 1.82) is 5.26 Å². The second-order valence-electron chi connectivity index (χ2n) is 7.15. The zero-order chi connectivity index (χ0) is 19.2. The lowest BCUT2D eigenvalue weighted by Crippen LogP contribution is -2.38. The molecule has 0 bridgehead atoms. The van der Waals surface area contributed by atoms with Crippen LogP contribution in [0.4, 0.5) is 0 Å². The number of nitriles is 1. The van der Waals surface area contributed by atoms with Gasteiger partial charge in [-0.3, -0.25) is 0 Å². The SMILES string of the molecule is COc1cc(C#N)ccc1OCC1CCCN(CCc2c(C)noc2C)C1. The number of ether oxygens (including phenoxy) is 2. The molecule has 0 saturated carbocycles. The van der Waals surface area contributed by atoms with Crippen LogP contribution in [0, 0.1) is 31.1 Å². The van der Waals surface area contributed by atoms with Gasteiger partial charge in [0.15, 0.2) is 11.5 Å². The Kier molecular flexibility index (Phi) is 6.36. The van der Waals surface area contributed by atoms with Crippen LogP contribution >= 0.6 is 0 Å². The normalized spacial score (nSPS) is 17.5. The van der Waals surface area contributed by atoms with E-state index in [1.807, 2.05) is 19.9 Å². The monoisotopic (exact) mass is 369 g/mol. The van der Waals surface area contributed by atoms with Gasteiger partial charge in [0, 0.05) is 30.6 Å². The van der Waals surface area contributed by atoms with E-state index >= 15 is 0 Å². The number of piperidine rings is 1. The lowest BCUT2D eigenvalue weighted by atomic mass is 9.98. The van der Waals surface area contributed by atoms with Crippen LogP contribution in [0.25, 0.3) is 0 Å². The van der Waals surface area contributed by atoms with Crippen molar-refractivity contribution in [1.82, 2.24) is 10.1 Å². The van der Waals surface area contributed by atoms with Gasteiger partial charge in [0.05, 0.1) is 31.0 Å². The number of aryl methyl sites for hydroxylation is 2.